The van der Waals surface area contributed by atoms with Crippen molar-refractivity contribution in [2.45, 2.75) is 19.3 Å². The van der Waals surface area contributed by atoms with Crippen molar-refractivity contribution in [1.29, 1.82) is 0 Å². The molecule has 0 bridgehead atoms. The van der Waals surface area contributed by atoms with E-state index < -0.39 is 0 Å². The quantitative estimate of drug-likeness (QED) is 0.770. The average molecular weight is 274 g/mol. The van der Waals surface area contributed by atoms with Crippen molar-refractivity contribution in [2.24, 2.45) is 0 Å². The van der Waals surface area contributed by atoms with Gasteiger partial charge in [0.2, 0.25) is 0 Å². The molecule has 0 amide bonds. The van der Waals surface area contributed by atoms with Crippen molar-refractivity contribution in [1.82, 2.24) is 4.98 Å². The number of benzene rings is 2. The van der Waals surface area contributed by atoms with Gasteiger partial charge in [0.05, 0.1) is 0 Å². The zero-order chi connectivity index (χ0) is 14.2. The van der Waals surface area contributed by atoms with E-state index in [1.165, 1.54) is 33.9 Å². The summed E-state index contributed by atoms with van der Waals surface area (Å²) in [4.78, 5) is 4.52. The summed E-state index contributed by atoms with van der Waals surface area (Å²) in [6, 6.07) is 17.3. The van der Waals surface area contributed by atoms with Gasteiger partial charge in [-0.2, -0.15) is 0 Å². The number of aryl methyl sites for hydroxylation is 1. The number of aromatic nitrogens is 1. The number of hydrogen-bond donors (Lipinski definition) is 1. The highest BCUT2D eigenvalue weighted by Crippen LogP contribution is 2.35. The van der Waals surface area contributed by atoms with E-state index in [-0.39, 0.29) is 0 Å². The van der Waals surface area contributed by atoms with Crippen LogP contribution in [-0.4, -0.2) is 11.5 Å². The number of nitrogens with one attached hydrogen (secondary N) is 1. The predicted molar refractivity (Wildman–Crippen MR) is 87.9 cm³/mol. The molecule has 1 aromatic heterocycles. The third-order valence-corrected chi connectivity index (χ3v) is 4.40. The molecule has 1 aliphatic carbocycles. The van der Waals surface area contributed by atoms with Crippen LogP contribution < -0.4 is 5.32 Å². The maximum Gasteiger partial charge on any atom is 0.133 e. The number of nitrogens with zero attached hydrogens (tertiary/aromatic N) is 1. The number of fused-ring (bicyclic) bond motifs is 2. The number of pyridine rings is 1. The number of anilines is 1. The molecule has 1 heterocycles. The summed E-state index contributed by atoms with van der Waals surface area (Å²) < 4.78 is 0. The SMILES string of the molecule is Cc1ccc2ccnc(NCC3Cc4ccccc43)c2c1. The summed E-state index contributed by atoms with van der Waals surface area (Å²) >= 11 is 0. The summed E-state index contributed by atoms with van der Waals surface area (Å²) in [5.41, 5.74) is 4.25. The first-order valence-electron chi connectivity index (χ1n) is 7.48. The summed E-state index contributed by atoms with van der Waals surface area (Å²) in [6.45, 7) is 3.08. The van der Waals surface area contributed by atoms with Gasteiger partial charge in [-0.15, -0.1) is 0 Å². The second-order valence-electron chi connectivity index (χ2n) is 5.86. The molecule has 2 aromatic carbocycles. The molecule has 0 saturated carbocycles. The Morgan fingerprint density at radius 1 is 1.14 bits per heavy atom. The first kappa shape index (κ1) is 12.4. The Morgan fingerprint density at radius 2 is 2.05 bits per heavy atom. The lowest BCUT2D eigenvalue weighted by Crippen LogP contribution is -2.24. The maximum absolute atomic E-state index is 4.52. The summed E-state index contributed by atoms with van der Waals surface area (Å²) in [5.74, 6) is 1.61. The third-order valence-electron chi connectivity index (χ3n) is 4.40. The fraction of sp³-hybridized carbons (Fsp3) is 0.211. The molecule has 2 nitrogen and oxygen atoms in total. The minimum atomic E-state index is 0.614. The lowest BCUT2D eigenvalue weighted by molar-refractivity contribution is 0.635. The Balaban J connectivity index is 1.57. The van der Waals surface area contributed by atoms with Crippen molar-refractivity contribution in [3.8, 4) is 0 Å². The van der Waals surface area contributed by atoms with Crippen molar-refractivity contribution >= 4 is 16.6 Å². The molecule has 0 aliphatic heterocycles. The Kier molecular flexibility index (Phi) is 2.88. The van der Waals surface area contributed by atoms with E-state index in [0.29, 0.717) is 5.92 Å². The highest BCUT2D eigenvalue weighted by atomic mass is 15.0. The topological polar surface area (TPSA) is 24.9 Å². The molecule has 0 fully saturated rings. The van der Waals surface area contributed by atoms with E-state index in [1.807, 2.05) is 6.20 Å². The molecule has 104 valence electrons. The van der Waals surface area contributed by atoms with Crippen LogP contribution in [0.5, 0.6) is 0 Å². The van der Waals surface area contributed by atoms with E-state index in [0.717, 1.165) is 12.4 Å². The van der Waals surface area contributed by atoms with Gasteiger partial charge < -0.3 is 5.32 Å². The van der Waals surface area contributed by atoms with Crippen molar-refractivity contribution in [3.05, 3.63) is 71.4 Å². The molecule has 1 atom stereocenters. The van der Waals surface area contributed by atoms with Crippen molar-refractivity contribution in [3.63, 3.8) is 0 Å². The standard InChI is InChI=1S/C19H18N2/c1-13-6-7-14-8-9-20-19(18(14)10-13)21-12-16-11-15-4-2-3-5-17(15)16/h2-10,16H,11-12H2,1H3,(H,20,21). The maximum atomic E-state index is 4.52. The van der Waals surface area contributed by atoms with E-state index >= 15 is 0 Å². The van der Waals surface area contributed by atoms with Gasteiger partial charge in [0.15, 0.2) is 0 Å². The molecule has 1 unspecified atom stereocenters. The van der Waals surface area contributed by atoms with Crippen molar-refractivity contribution < 1.29 is 0 Å². The normalized spacial score (nSPS) is 16.3. The van der Waals surface area contributed by atoms with Gasteiger partial charge in [-0.1, -0.05) is 42.0 Å². The first-order chi connectivity index (χ1) is 10.3. The van der Waals surface area contributed by atoms with Gasteiger partial charge in [-0.3, -0.25) is 0 Å². The van der Waals surface area contributed by atoms with Crippen LogP contribution in [0.2, 0.25) is 0 Å². The largest absolute Gasteiger partial charge is 0.369 e. The molecule has 0 saturated heterocycles. The van der Waals surface area contributed by atoms with Crippen LogP contribution in [0, 0.1) is 6.92 Å². The fourth-order valence-electron chi connectivity index (χ4n) is 3.19. The Labute approximate surface area is 124 Å². The second-order valence-corrected chi connectivity index (χ2v) is 5.86. The molecular formula is C19H18N2. The highest BCUT2D eigenvalue weighted by Gasteiger charge is 2.25. The summed E-state index contributed by atoms with van der Waals surface area (Å²) in [7, 11) is 0. The monoisotopic (exact) mass is 274 g/mol. The summed E-state index contributed by atoms with van der Waals surface area (Å²) in [5, 5.41) is 6.00. The third kappa shape index (κ3) is 2.17. The fourth-order valence-corrected chi connectivity index (χ4v) is 3.19. The zero-order valence-electron chi connectivity index (χ0n) is 12.1. The zero-order valence-corrected chi connectivity index (χ0v) is 12.1. The van der Waals surface area contributed by atoms with Crippen molar-refractivity contribution in [2.75, 3.05) is 11.9 Å². The molecular weight excluding hydrogens is 256 g/mol. The molecule has 3 aromatic rings. The Bertz CT molecular complexity index is 808. The van der Waals surface area contributed by atoms with Gasteiger partial charge in [-0.25, -0.2) is 4.98 Å². The molecule has 2 heteroatoms. The molecule has 0 spiro atoms. The molecule has 21 heavy (non-hydrogen) atoms. The predicted octanol–water partition coefficient (Wildman–Crippen LogP) is 4.30. The highest BCUT2D eigenvalue weighted by molar-refractivity contribution is 5.92. The smallest absolute Gasteiger partial charge is 0.133 e. The Hall–Kier alpha value is -2.35. The van der Waals surface area contributed by atoms with Crippen LogP contribution in [0.25, 0.3) is 10.8 Å². The molecule has 1 aliphatic rings. The van der Waals surface area contributed by atoms with Gasteiger partial charge >= 0.3 is 0 Å². The second kappa shape index (κ2) is 4.88. The molecule has 1 N–H and O–H groups in total. The van der Waals surface area contributed by atoms with E-state index in [4.69, 9.17) is 0 Å². The van der Waals surface area contributed by atoms with Crippen LogP contribution in [-0.2, 0) is 6.42 Å². The van der Waals surface area contributed by atoms with Crippen LogP contribution in [0.3, 0.4) is 0 Å². The number of rotatable bonds is 3. The van der Waals surface area contributed by atoms with Gasteiger partial charge in [0.25, 0.3) is 0 Å². The summed E-state index contributed by atoms with van der Waals surface area (Å²) in [6.07, 6.45) is 3.06. The van der Waals surface area contributed by atoms with Gasteiger partial charge in [0, 0.05) is 24.0 Å². The van der Waals surface area contributed by atoms with E-state index in [1.54, 1.807) is 0 Å². The van der Waals surface area contributed by atoms with Gasteiger partial charge in [-0.05, 0) is 42.0 Å². The average Bonchev–Trinajstić information content (AvgIpc) is 2.48. The number of hydrogen-bond acceptors (Lipinski definition) is 2. The van der Waals surface area contributed by atoms with Crippen LogP contribution >= 0.6 is 0 Å². The van der Waals surface area contributed by atoms with E-state index in [9.17, 15) is 0 Å². The first-order valence-corrected chi connectivity index (χ1v) is 7.48. The Morgan fingerprint density at radius 3 is 2.95 bits per heavy atom. The van der Waals surface area contributed by atoms with Crippen LogP contribution in [0.15, 0.2) is 54.7 Å². The molecule has 0 radical (unpaired) electrons. The van der Waals surface area contributed by atoms with Gasteiger partial charge in [0.1, 0.15) is 5.82 Å². The minimum Gasteiger partial charge on any atom is -0.369 e. The molecule has 4 rings (SSSR count). The lowest BCUT2D eigenvalue weighted by atomic mass is 9.77. The van der Waals surface area contributed by atoms with E-state index in [2.05, 4.69) is 65.8 Å². The van der Waals surface area contributed by atoms with Crippen LogP contribution in [0.4, 0.5) is 5.82 Å². The lowest BCUT2D eigenvalue weighted by Gasteiger charge is -2.30. The minimum absolute atomic E-state index is 0.614. The van der Waals surface area contributed by atoms with Crippen LogP contribution in [0.1, 0.15) is 22.6 Å².